The van der Waals surface area contributed by atoms with E-state index >= 15 is 0 Å². The number of piperazine rings is 1. The molecule has 3 rings (SSSR count). The molecule has 154 valence electrons. The number of hydrogen-bond acceptors (Lipinski definition) is 5. The van der Waals surface area contributed by atoms with Gasteiger partial charge in [0.15, 0.2) is 0 Å². The summed E-state index contributed by atoms with van der Waals surface area (Å²) in [7, 11) is 0. The zero-order valence-corrected chi connectivity index (χ0v) is 17.6. The van der Waals surface area contributed by atoms with Crippen LogP contribution in [-0.4, -0.2) is 70.8 Å². The molecule has 1 saturated heterocycles. The Balaban J connectivity index is 1.56. The molecular formula is C22H28N4O2S. The quantitative estimate of drug-likeness (QED) is 0.721. The maximum atomic E-state index is 13.1. The highest BCUT2D eigenvalue weighted by Gasteiger charge is 2.28. The van der Waals surface area contributed by atoms with Crippen LogP contribution >= 0.6 is 11.8 Å². The van der Waals surface area contributed by atoms with E-state index in [1.165, 1.54) is 5.56 Å². The standard InChI is InChI=1S/C22H28N4O2S/c1-29-16-9-20(24-21(27)19-5-3-2-4-6-19)22(28)26-14-12-25(13-15-26)17-18-7-10-23-11-8-18/h2-8,10-11,20H,9,12-17H2,1H3,(H,24,27)/t20-/m1/s1. The van der Waals surface area contributed by atoms with Crippen molar-refractivity contribution in [1.82, 2.24) is 20.1 Å². The Morgan fingerprint density at radius 2 is 1.76 bits per heavy atom. The molecular weight excluding hydrogens is 384 g/mol. The number of pyridine rings is 1. The van der Waals surface area contributed by atoms with Gasteiger partial charge in [0.05, 0.1) is 0 Å². The van der Waals surface area contributed by atoms with E-state index in [-0.39, 0.29) is 11.8 Å². The van der Waals surface area contributed by atoms with Crippen LogP contribution in [0, 0.1) is 0 Å². The van der Waals surface area contributed by atoms with Gasteiger partial charge in [0, 0.05) is 50.7 Å². The predicted molar refractivity (Wildman–Crippen MR) is 117 cm³/mol. The Hall–Kier alpha value is -2.38. The van der Waals surface area contributed by atoms with Crippen LogP contribution in [0.2, 0.25) is 0 Å². The minimum absolute atomic E-state index is 0.0203. The fraction of sp³-hybridized carbons (Fsp3) is 0.409. The molecule has 1 atom stereocenters. The summed E-state index contributed by atoms with van der Waals surface area (Å²) in [6.07, 6.45) is 6.26. The van der Waals surface area contributed by atoms with Crippen LogP contribution in [0.25, 0.3) is 0 Å². The summed E-state index contributed by atoms with van der Waals surface area (Å²) in [5, 5.41) is 2.95. The molecule has 2 aromatic rings. The van der Waals surface area contributed by atoms with Gasteiger partial charge in [-0.05, 0) is 48.3 Å². The number of amides is 2. The molecule has 0 radical (unpaired) electrons. The maximum Gasteiger partial charge on any atom is 0.251 e. The van der Waals surface area contributed by atoms with Crippen molar-refractivity contribution in [3.8, 4) is 0 Å². The Morgan fingerprint density at radius 1 is 1.07 bits per heavy atom. The van der Waals surface area contributed by atoms with E-state index < -0.39 is 6.04 Å². The minimum atomic E-state index is -0.484. The monoisotopic (exact) mass is 412 g/mol. The second-order valence-electron chi connectivity index (χ2n) is 7.13. The topological polar surface area (TPSA) is 65.5 Å². The molecule has 0 unspecified atom stereocenters. The van der Waals surface area contributed by atoms with Crippen molar-refractivity contribution in [2.24, 2.45) is 0 Å². The van der Waals surface area contributed by atoms with Gasteiger partial charge in [0.25, 0.3) is 5.91 Å². The number of carbonyl (C=O) groups is 2. The SMILES string of the molecule is CSCC[C@@H](NC(=O)c1ccccc1)C(=O)N1CCN(Cc2ccncc2)CC1. The van der Waals surface area contributed by atoms with Crippen molar-refractivity contribution in [2.75, 3.05) is 38.2 Å². The number of hydrogen-bond donors (Lipinski definition) is 1. The number of carbonyl (C=O) groups excluding carboxylic acids is 2. The van der Waals surface area contributed by atoms with Crippen LogP contribution in [0.3, 0.4) is 0 Å². The van der Waals surface area contributed by atoms with E-state index in [0.29, 0.717) is 25.1 Å². The summed E-state index contributed by atoms with van der Waals surface area (Å²) in [5.41, 5.74) is 1.81. The maximum absolute atomic E-state index is 13.1. The zero-order chi connectivity index (χ0) is 20.5. The van der Waals surface area contributed by atoms with Crippen molar-refractivity contribution in [3.05, 3.63) is 66.0 Å². The second-order valence-corrected chi connectivity index (χ2v) is 8.12. The number of rotatable bonds is 8. The lowest BCUT2D eigenvalue weighted by atomic mass is 10.1. The molecule has 1 aromatic carbocycles. The summed E-state index contributed by atoms with van der Waals surface area (Å²) < 4.78 is 0. The lowest BCUT2D eigenvalue weighted by molar-refractivity contribution is -0.135. The molecule has 1 aromatic heterocycles. The normalized spacial score (nSPS) is 15.7. The van der Waals surface area contributed by atoms with Crippen LogP contribution < -0.4 is 5.32 Å². The molecule has 29 heavy (non-hydrogen) atoms. The van der Waals surface area contributed by atoms with Gasteiger partial charge in [-0.2, -0.15) is 11.8 Å². The fourth-order valence-corrected chi connectivity index (χ4v) is 3.89. The fourth-order valence-electron chi connectivity index (χ4n) is 3.42. The lowest BCUT2D eigenvalue weighted by Gasteiger charge is -2.36. The van der Waals surface area contributed by atoms with Crippen molar-refractivity contribution >= 4 is 23.6 Å². The van der Waals surface area contributed by atoms with E-state index in [4.69, 9.17) is 0 Å². The third-order valence-electron chi connectivity index (χ3n) is 5.09. The highest BCUT2D eigenvalue weighted by molar-refractivity contribution is 7.98. The Bertz CT molecular complexity index is 780. The minimum Gasteiger partial charge on any atom is -0.340 e. The molecule has 1 N–H and O–H groups in total. The third kappa shape index (κ3) is 6.30. The molecule has 2 amide bonds. The van der Waals surface area contributed by atoms with Crippen molar-refractivity contribution in [2.45, 2.75) is 19.0 Å². The van der Waals surface area contributed by atoms with Gasteiger partial charge in [-0.25, -0.2) is 0 Å². The average Bonchev–Trinajstić information content (AvgIpc) is 2.78. The van der Waals surface area contributed by atoms with Crippen LogP contribution in [0.15, 0.2) is 54.9 Å². The average molecular weight is 413 g/mol. The van der Waals surface area contributed by atoms with Gasteiger partial charge >= 0.3 is 0 Å². The summed E-state index contributed by atoms with van der Waals surface area (Å²) in [6, 6.07) is 12.6. The van der Waals surface area contributed by atoms with Crippen LogP contribution in [0.4, 0.5) is 0 Å². The molecule has 6 nitrogen and oxygen atoms in total. The second kappa shape index (κ2) is 11.0. The van der Waals surface area contributed by atoms with Crippen molar-refractivity contribution in [1.29, 1.82) is 0 Å². The molecule has 1 aliphatic heterocycles. The molecule has 1 aliphatic rings. The van der Waals surface area contributed by atoms with Crippen molar-refractivity contribution < 1.29 is 9.59 Å². The summed E-state index contributed by atoms with van der Waals surface area (Å²) in [6.45, 7) is 3.89. The van der Waals surface area contributed by atoms with E-state index in [2.05, 4.69) is 15.2 Å². The van der Waals surface area contributed by atoms with Crippen LogP contribution in [-0.2, 0) is 11.3 Å². The first-order valence-electron chi connectivity index (χ1n) is 9.92. The molecule has 2 heterocycles. The van der Waals surface area contributed by atoms with Crippen molar-refractivity contribution in [3.63, 3.8) is 0 Å². The van der Waals surface area contributed by atoms with Crippen LogP contribution in [0.5, 0.6) is 0 Å². The molecule has 7 heteroatoms. The Labute approximate surface area is 176 Å². The number of aromatic nitrogens is 1. The first-order valence-corrected chi connectivity index (χ1v) is 11.3. The van der Waals surface area contributed by atoms with Gasteiger partial charge in [-0.3, -0.25) is 19.5 Å². The summed E-state index contributed by atoms with van der Waals surface area (Å²) >= 11 is 1.68. The van der Waals surface area contributed by atoms with E-state index in [9.17, 15) is 9.59 Å². The van der Waals surface area contributed by atoms with Gasteiger partial charge in [-0.15, -0.1) is 0 Å². The molecule has 1 fully saturated rings. The molecule has 0 bridgehead atoms. The first kappa shape index (κ1) is 21.3. The Morgan fingerprint density at radius 3 is 2.41 bits per heavy atom. The number of nitrogens with one attached hydrogen (secondary N) is 1. The molecule has 0 saturated carbocycles. The highest BCUT2D eigenvalue weighted by atomic mass is 32.2. The van der Waals surface area contributed by atoms with E-state index in [1.54, 1.807) is 36.3 Å². The van der Waals surface area contributed by atoms with Gasteiger partial charge in [0.2, 0.25) is 5.91 Å². The predicted octanol–water partition coefficient (Wildman–Crippen LogP) is 2.28. The largest absolute Gasteiger partial charge is 0.340 e. The number of thioether (sulfide) groups is 1. The summed E-state index contributed by atoms with van der Waals surface area (Å²) in [4.78, 5) is 34.0. The number of benzene rings is 1. The lowest BCUT2D eigenvalue weighted by Crippen LogP contribution is -2.54. The third-order valence-corrected chi connectivity index (χ3v) is 5.73. The zero-order valence-electron chi connectivity index (χ0n) is 16.8. The molecule has 0 aliphatic carbocycles. The van der Waals surface area contributed by atoms with Crippen LogP contribution in [0.1, 0.15) is 22.3 Å². The number of nitrogens with zero attached hydrogens (tertiary/aromatic N) is 3. The highest BCUT2D eigenvalue weighted by Crippen LogP contribution is 2.12. The molecule has 0 spiro atoms. The Kier molecular flexibility index (Phi) is 8.07. The smallest absolute Gasteiger partial charge is 0.251 e. The van der Waals surface area contributed by atoms with E-state index in [0.717, 1.165) is 25.4 Å². The van der Waals surface area contributed by atoms with Gasteiger partial charge < -0.3 is 10.2 Å². The summed E-state index contributed by atoms with van der Waals surface area (Å²) in [5.74, 6) is 0.654. The van der Waals surface area contributed by atoms with Gasteiger partial charge in [-0.1, -0.05) is 18.2 Å². The first-order chi connectivity index (χ1) is 14.2. The van der Waals surface area contributed by atoms with E-state index in [1.807, 2.05) is 41.5 Å². The van der Waals surface area contributed by atoms with Gasteiger partial charge in [0.1, 0.15) is 6.04 Å².